The lowest BCUT2D eigenvalue weighted by atomic mass is 10.2. The number of aryl methyl sites for hydroxylation is 1. The maximum absolute atomic E-state index is 13.4. The highest BCUT2D eigenvalue weighted by Gasteiger charge is 2.09. The Kier molecular flexibility index (Phi) is 3.01. The van der Waals surface area contributed by atoms with Crippen molar-refractivity contribution in [3.05, 3.63) is 52.0 Å². The maximum atomic E-state index is 13.4. The van der Waals surface area contributed by atoms with Crippen LogP contribution in [-0.2, 0) is 0 Å². The van der Waals surface area contributed by atoms with Gasteiger partial charge in [-0.25, -0.2) is 4.39 Å². The van der Waals surface area contributed by atoms with Crippen molar-refractivity contribution in [1.82, 2.24) is 0 Å². The fourth-order valence-electron chi connectivity index (χ4n) is 1.33. The van der Waals surface area contributed by atoms with Gasteiger partial charge in [0, 0.05) is 0 Å². The number of nitrogens with one attached hydrogen (secondary N) is 1. The molecule has 1 N–H and O–H groups in total. The summed E-state index contributed by atoms with van der Waals surface area (Å²) in [5, 5.41) is 4.36. The molecule has 1 heterocycles. The van der Waals surface area contributed by atoms with Crippen molar-refractivity contribution in [2.45, 2.75) is 6.92 Å². The molecule has 0 spiro atoms. The average molecular weight is 235 g/mol. The van der Waals surface area contributed by atoms with Crippen LogP contribution in [0, 0.1) is 12.7 Å². The van der Waals surface area contributed by atoms with Gasteiger partial charge >= 0.3 is 0 Å². The van der Waals surface area contributed by atoms with E-state index in [2.05, 4.69) is 5.32 Å². The molecule has 1 aromatic heterocycles. The molecule has 0 aliphatic carbocycles. The van der Waals surface area contributed by atoms with Gasteiger partial charge < -0.3 is 5.32 Å². The molecule has 0 unspecified atom stereocenters. The van der Waals surface area contributed by atoms with E-state index in [0.29, 0.717) is 4.88 Å². The smallest absolute Gasteiger partial charge is 0.265 e. The summed E-state index contributed by atoms with van der Waals surface area (Å²) < 4.78 is 13.4. The Hall–Kier alpha value is -1.68. The number of hydrogen-bond acceptors (Lipinski definition) is 2. The van der Waals surface area contributed by atoms with E-state index in [1.807, 2.05) is 12.3 Å². The molecule has 1 aromatic carbocycles. The highest BCUT2D eigenvalue weighted by molar-refractivity contribution is 7.12. The summed E-state index contributed by atoms with van der Waals surface area (Å²) in [4.78, 5) is 12.2. The third kappa shape index (κ3) is 2.28. The first-order valence-corrected chi connectivity index (χ1v) is 5.66. The number of thiophene rings is 1. The molecule has 0 saturated carbocycles. The normalized spacial score (nSPS) is 10.1. The number of amides is 1. The van der Waals surface area contributed by atoms with E-state index in [-0.39, 0.29) is 11.6 Å². The van der Waals surface area contributed by atoms with Gasteiger partial charge in [0.05, 0.1) is 10.6 Å². The maximum Gasteiger partial charge on any atom is 0.265 e. The van der Waals surface area contributed by atoms with Gasteiger partial charge in [-0.1, -0.05) is 12.1 Å². The predicted octanol–water partition coefficient (Wildman–Crippen LogP) is 3.45. The van der Waals surface area contributed by atoms with Crippen LogP contribution in [0.1, 0.15) is 15.2 Å². The van der Waals surface area contributed by atoms with E-state index in [0.717, 1.165) is 5.56 Å². The molecule has 16 heavy (non-hydrogen) atoms. The average Bonchev–Trinajstić information content (AvgIpc) is 2.76. The quantitative estimate of drug-likeness (QED) is 0.848. The second-order valence-electron chi connectivity index (χ2n) is 3.41. The van der Waals surface area contributed by atoms with Crippen molar-refractivity contribution in [2.24, 2.45) is 0 Å². The van der Waals surface area contributed by atoms with Crippen molar-refractivity contribution < 1.29 is 9.18 Å². The Bertz CT molecular complexity index is 508. The van der Waals surface area contributed by atoms with Crippen LogP contribution < -0.4 is 5.32 Å². The molecule has 0 bridgehead atoms. The zero-order chi connectivity index (χ0) is 11.5. The number of carbonyl (C=O) groups is 1. The highest BCUT2D eigenvalue weighted by atomic mass is 32.1. The van der Waals surface area contributed by atoms with E-state index >= 15 is 0 Å². The Morgan fingerprint density at radius 2 is 2.19 bits per heavy atom. The SMILES string of the molecule is Cc1ccc(F)c(NC(=O)c2cccs2)c1. The summed E-state index contributed by atoms with van der Waals surface area (Å²) >= 11 is 1.33. The van der Waals surface area contributed by atoms with Crippen molar-refractivity contribution >= 4 is 22.9 Å². The van der Waals surface area contributed by atoms with E-state index < -0.39 is 5.82 Å². The molecule has 4 heteroatoms. The first-order valence-electron chi connectivity index (χ1n) is 4.78. The third-order valence-electron chi connectivity index (χ3n) is 2.12. The van der Waals surface area contributed by atoms with Crippen molar-refractivity contribution in [2.75, 3.05) is 5.32 Å². The monoisotopic (exact) mass is 235 g/mol. The fourth-order valence-corrected chi connectivity index (χ4v) is 1.95. The Labute approximate surface area is 96.7 Å². The topological polar surface area (TPSA) is 29.1 Å². The van der Waals surface area contributed by atoms with Gasteiger partial charge in [0.1, 0.15) is 5.82 Å². The summed E-state index contributed by atoms with van der Waals surface area (Å²) in [6, 6.07) is 8.11. The number of rotatable bonds is 2. The van der Waals surface area contributed by atoms with Gasteiger partial charge in [0.2, 0.25) is 0 Å². The molecule has 2 aromatic rings. The van der Waals surface area contributed by atoms with Crippen LogP contribution in [0.4, 0.5) is 10.1 Å². The zero-order valence-electron chi connectivity index (χ0n) is 8.66. The van der Waals surface area contributed by atoms with Gasteiger partial charge in [0.15, 0.2) is 0 Å². The van der Waals surface area contributed by atoms with Crippen LogP contribution in [0.15, 0.2) is 35.7 Å². The zero-order valence-corrected chi connectivity index (χ0v) is 9.48. The lowest BCUT2D eigenvalue weighted by molar-refractivity contribution is 0.103. The number of anilines is 1. The first kappa shape index (κ1) is 10.8. The first-order chi connectivity index (χ1) is 7.66. The van der Waals surface area contributed by atoms with Crippen LogP contribution in [0.25, 0.3) is 0 Å². The Morgan fingerprint density at radius 1 is 1.38 bits per heavy atom. The van der Waals surface area contributed by atoms with Gasteiger partial charge in [0.25, 0.3) is 5.91 Å². The molecule has 0 saturated heterocycles. The molecular formula is C12H10FNOS. The number of hydrogen-bond donors (Lipinski definition) is 1. The molecule has 0 atom stereocenters. The largest absolute Gasteiger partial charge is 0.319 e. The highest BCUT2D eigenvalue weighted by Crippen LogP contribution is 2.18. The minimum atomic E-state index is -0.421. The van der Waals surface area contributed by atoms with E-state index in [4.69, 9.17) is 0 Å². The van der Waals surface area contributed by atoms with Crippen LogP contribution in [0.3, 0.4) is 0 Å². The molecule has 2 rings (SSSR count). The molecule has 0 aliphatic rings. The molecule has 0 aliphatic heterocycles. The van der Waals surface area contributed by atoms with E-state index in [1.54, 1.807) is 24.3 Å². The fraction of sp³-hybridized carbons (Fsp3) is 0.0833. The molecule has 0 fully saturated rings. The van der Waals surface area contributed by atoms with Crippen molar-refractivity contribution in [1.29, 1.82) is 0 Å². The van der Waals surface area contributed by atoms with Gasteiger partial charge in [-0.3, -0.25) is 4.79 Å². The predicted molar refractivity (Wildman–Crippen MR) is 63.4 cm³/mol. The van der Waals surface area contributed by atoms with Crippen LogP contribution in [-0.4, -0.2) is 5.91 Å². The van der Waals surface area contributed by atoms with Crippen LogP contribution >= 0.6 is 11.3 Å². The summed E-state index contributed by atoms with van der Waals surface area (Å²) in [7, 11) is 0. The van der Waals surface area contributed by atoms with Crippen molar-refractivity contribution in [3.8, 4) is 0 Å². The van der Waals surface area contributed by atoms with E-state index in [9.17, 15) is 9.18 Å². The molecular weight excluding hydrogens is 225 g/mol. The molecule has 1 amide bonds. The minimum Gasteiger partial charge on any atom is -0.319 e. The lowest BCUT2D eigenvalue weighted by Gasteiger charge is -2.05. The second kappa shape index (κ2) is 4.45. The standard InChI is InChI=1S/C12H10FNOS/c1-8-4-5-9(13)10(7-8)14-12(15)11-3-2-6-16-11/h2-7H,1H3,(H,14,15). The van der Waals surface area contributed by atoms with E-state index in [1.165, 1.54) is 17.4 Å². The van der Waals surface area contributed by atoms with Gasteiger partial charge in [-0.05, 0) is 36.1 Å². The van der Waals surface area contributed by atoms with Gasteiger partial charge in [-0.2, -0.15) is 0 Å². The number of halogens is 1. The molecule has 2 nitrogen and oxygen atoms in total. The molecule has 82 valence electrons. The Balaban J connectivity index is 2.21. The van der Waals surface area contributed by atoms with Crippen LogP contribution in [0.2, 0.25) is 0 Å². The lowest BCUT2D eigenvalue weighted by Crippen LogP contribution is -2.11. The Morgan fingerprint density at radius 3 is 2.88 bits per heavy atom. The summed E-state index contributed by atoms with van der Waals surface area (Å²) in [5.74, 6) is -0.699. The third-order valence-corrected chi connectivity index (χ3v) is 2.98. The molecule has 0 radical (unpaired) electrons. The summed E-state index contributed by atoms with van der Waals surface area (Å²) in [6.45, 7) is 1.85. The minimum absolute atomic E-state index is 0.221. The number of carbonyl (C=O) groups excluding carboxylic acids is 1. The van der Waals surface area contributed by atoms with Gasteiger partial charge in [-0.15, -0.1) is 11.3 Å². The van der Waals surface area contributed by atoms with Crippen LogP contribution in [0.5, 0.6) is 0 Å². The summed E-state index contributed by atoms with van der Waals surface area (Å²) in [6.07, 6.45) is 0. The number of benzene rings is 1. The summed E-state index contributed by atoms with van der Waals surface area (Å²) in [5.41, 5.74) is 1.13. The second-order valence-corrected chi connectivity index (χ2v) is 4.36. The van der Waals surface area contributed by atoms with Crippen molar-refractivity contribution in [3.63, 3.8) is 0 Å².